The SMILES string of the molecule is B1=C(C2=CN=Cc3ccccc3N2)COC=C1. The van der Waals surface area contributed by atoms with Gasteiger partial charge in [-0.3, -0.25) is 0 Å². The molecule has 1 aromatic rings. The summed E-state index contributed by atoms with van der Waals surface area (Å²) < 4.78 is 5.28. The fourth-order valence-corrected chi connectivity index (χ4v) is 1.82. The number of nitrogens with zero attached hydrogens (tertiary/aromatic N) is 1. The molecule has 0 fully saturated rings. The Balaban J connectivity index is 1.95. The predicted molar refractivity (Wildman–Crippen MR) is 71.6 cm³/mol. The fourth-order valence-electron chi connectivity index (χ4n) is 1.82. The van der Waals surface area contributed by atoms with Gasteiger partial charge in [0.2, 0.25) is 0 Å². The van der Waals surface area contributed by atoms with E-state index in [1.807, 2.05) is 49.6 Å². The number of ether oxygens (including phenoxy) is 1. The van der Waals surface area contributed by atoms with Gasteiger partial charge in [-0.1, -0.05) is 0 Å². The minimum atomic E-state index is 0.576. The normalized spacial score (nSPS) is 16.7. The number of para-hydroxylation sites is 1. The molecule has 1 aromatic carbocycles. The van der Waals surface area contributed by atoms with Crippen molar-refractivity contribution in [1.82, 2.24) is 0 Å². The van der Waals surface area contributed by atoms with Crippen LogP contribution in [0, 0.1) is 0 Å². The van der Waals surface area contributed by atoms with E-state index in [2.05, 4.69) is 10.3 Å². The van der Waals surface area contributed by atoms with Crippen molar-refractivity contribution >= 4 is 24.3 Å². The quantitative estimate of drug-likeness (QED) is 0.734. The van der Waals surface area contributed by atoms with Crippen LogP contribution < -0.4 is 5.32 Å². The van der Waals surface area contributed by atoms with Crippen molar-refractivity contribution in [3.63, 3.8) is 0 Å². The molecule has 1 N–H and O–H groups in total. The van der Waals surface area contributed by atoms with Crippen LogP contribution in [-0.2, 0) is 4.74 Å². The Morgan fingerprint density at radius 3 is 3.12 bits per heavy atom. The predicted octanol–water partition coefficient (Wildman–Crippen LogP) is 1.75. The van der Waals surface area contributed by atoms with Gasteiger partial charge >= 0.3 is 99.9 Å². The molecule has 0 saturated heterocycles. The number of hydrogen-bond acceptors (Lipinski definition) is 3. The molecule has 0 atom stereocenters. The summed E-state index contributed by atoms with van der Waals surface area (Å²) in [6.45, 7) is 2.61. The Labute approximate surface area is 100 Å². The van der Waals surface area contributed by atoms with Gasteiger partial charge in [0.15, 0.2) is 0 Å². The monoisotopic (exact) mass is 222 g/mol. The molecule has 3 nitrogen and oxygen atoms in total. The minimum absolute atomic E-state index is 0.576. The molecule has 17 heavy (non-hydrogen) atoms. The van der Waals surface area contributed by atoms with Crippen LogP contribution in [0.3, 0.4) is 0 Å². The van der Waals surface area contributed by atoms with Crippen LogP contribution in [0.1, 0.15) is 5.56 Å². The molecule has 82 valence electrons. The Kier molecular flexibility index (Phi) is 2.62. The zero-order chi connectivity index (χ0) is 11.5. The van der Waals surface area contributed by atoms with Crippen molar-refractivity contribution in [2.24, 2.45) is 4.99 Å². The number of fused-ring (bicyclic) bond motifs is 1. The topological polar surface area (TPSA) is 33.6 Å². The molecule has 3 rings (SSSR count). The van der Waals surface area contributed by atoms with E-state index in [1.54, 1.807) is 6.26 Å². The average Bonchev–Trinajstić information content (AvgIpc) is 2.62. The average molecular weight is 222 g/mol. The Bertz CT molecular complexity index is 558. The fraction of sp³-hybridized carbons (Fsp3) is 0.0769. The van der Waals surface area contributed by atoms with Crippen LogP contribution in [0.25, 0.3) is 0 Å². The van der Waals surface area contributed by atoms with Crippen LogP contribution in [0.5, 0.6) is 0 Å². The molecule has 0 aromatic heterocycles. The third kappa shape index (κ3) is 2.06. The molecular formula is C13H11BN2O. The van der Waals surface area contributed by atoms with Crippen LogP contribution >= 0.6 is 0 Å². The van der Waals surface area contributed by atoms with E-state index in [1.165, 1.54) is 0 Å². The second-order valence-corrected chi connectivity index (χ2v) is 3.86. The van der Waals surface area contributed by atoms with E-state index in [9.17, 15) is 0 Å². The molecule has 0 radical (unpaired) electrons. The summed E-state index contributed by atoms with van der Waals surface area (Å²) in [6, 6.07) is 8.09. The number of aliphatic imine (C=N–C) groups is 1. The van der Waals surface area contributed by atoms with Crippen molar-refractivity contribution < 1.29 is 4.74 Å². The maximum atomic E-state index is 5.28. The molecule has 0 aliphatic carbocycles. The number of nitrogens with one attached hydrogen (secondary N) is 1. The van der Waals surface area contributed by atoms with Crippen LogP contribution in [0.4, 0.5) is 5.69 Å². The van der Waals surface area contributed by atoms with Crippen LogP contribution in [-0.4, -0.2) is 25.2 Å². The maximum absolute atomic E-state index is 5.28. The van der Waals surface area contributed by atoms with Crippen molar-refractivity contribution in [3.8, 4) is 0 Å². The summed E-state index contributed by atoms with van der Waals surface area (Å²) in [5, 5.41) is 3.38. The van der Waals surface area contributed by atoms with Gasteiger partial charge in [0.05, 0.1) is 0 Å². The first-order valence-electron chi connectivity index (χ1n) is 5.50. The van der Waals surface area contributed by atoms with E-state index in [0.29, 0.717) is 6.61 Å². The standard InChI is InChI=1S/C13H11BN2O/c1-2-4-12-10(3-1)7-15-8-13(16-12)11-9-17-6-5-14-11/h1-8,16H,9H2. The first-order chi connectivity index (χ1) is 8.43. The summed E-state index contributed by atoms with van der Waals surface area (Å²) in [4.78, 5) is 4.30. The Hall–Kier alpha value is -2.10. The van der Waals surface area contributed by atoms with Gasteiger partial charge in [-0.2, -0.15) is 0 Å². The third-order valence-corrected chi connectivity index (χ3v) is 2.70. The third-order valence-electron chi connectivity index (χ3n) is 2.70. The van der Waals surface area contributed by atoms with Crippen molar-refractivity contribution in [2.45, 2.75) is 0 Å². The zero-order valence-electron chi connectivity index (χ0n) is 9.26. The number of benzene rings is 1. The number of hydrogen-bond donors (Lipinski definition) is 1. The Morgan fingerprint density at radius 2 is 2.24 bits per heavy atom. The zero-order valence-corrected chi connectivity index (χ0v) is 9.26. The molecule has 0 spiro atoms. The summed E-state index contributed by atoms with van der Waals surface area (Å²) in [6.07, 6.45) is 5.38. The van der Waals surface area contributed by atoms with E-state index >= 15 is 0 Å². The summed E-state index contributed by atoms with van der Waals surface area (Å²) in [5.41, 5.74) is 4.24. The summed E-state index contributed by atoms with van der Waals surface area (Å²) in [7, 11) is 0. The van der Waals surface area contributed by atoms with Gasteiger partial charge in [-0.15, -0.1) is 0 Å². The molecule has 2 aliphatic rings. The molecule has 0 bridgehead atoms. The molecule has 0 amide bonds. The molecule has 2 aliphatic heterocycles. The van der Waals surface area contributed by atoms with Gasteiger partial charge < -0.3 is 0 Å². The molecule has 0 unspecified atom stereocenters. The number of anilines is 1. The van der Waals surface area contributed by atoms with Crippen LogP contribution in [0.2, 0.25) is 0 Å². The van der Waals surface area contributed by atoms with Crippen molar-refractivity contribution in [2.75, 3.05) is 11.9 Å². The van der Waals surface area contributed by atoms with E-state index in [-0.39, 0.29) is 0 Å². The van der Waals surface area contributed by atoms with Crippen molar-refractivity contribution in [3.05, 3.63) is 54.0 Å². The van der Waals surface area contributed by atoms with Crippen LogP contribution in [0.15, 0.2) is 53.4 Å². The van der Waals surface area contributed by atoms with E-state index < -0.39 is 0 Å². The molecule has 0 saturated carbocycles. The first kappa shape index (κ1) is 10.1. The Morgan fingerprint density at radius 1 is 1.29 bits per heavy atom. The second-order valence-electron chi connectivity index (χ2n) is 3.86. The first-order valence-corrected chi connectivity index (χ1v) is 5.50. The van der Waals surface area contributed by atoms with Gasteiger partial charge in [-0.05, 0) is 0 Å². The van der Waals surface area contributed by atoms with Crippen molar-refractivity contribution in [1.29, 1.82) is 0 Å². The van der Waals surface area contributed by atoms with Gasteiger partial charge in [-0.25, -0.2) is 0 Å². The molecule has 2 heterocycles. The van der Waals surface area contributed by atoms with E-state index in [4.69, 9.17) is 4.74 Å². The van der Waals surface area contributed by atoms with Gasteiger partial charge in [0.25, 0.3) is 0 Å². The summed E-state index contributed by atoms with van der Waals surface area (Å²) in [5.74, 6) is 1.89. The molecule has 4 heteroatoms. The van der Waals surface area contributed by atoms with Gasteiger partial charge in [0, 0.05) is 0 Å². The summed E-state index contributed by atoms with van der Waals surface area (Å²) >= 11 is 0. The van der Waals surface area contributed by atoms with Gasteiger partial charge in [0.1, 0.15) is 0 Å². The second kappa shape index (κ2) is 4.41. The molecular weight excluding hydrogens is 211 g/mol. The number of rotatable bonds is 1. The van der Waals surface area contributed by atoms with E-state index in [0.717, 1.165) is 22.4 Å².